The van der Waals surface area contributed by atoms with E-state index in [1.54, 1.807) is 24.3 Å². The van der Waals surface area contributed by atoms with Crippen LogP contribution in [0.5, 0.6) is 0 Å². The van der Waals surface area contributed by atoms with Crippen LogP contribution in [0, 0.1) is 5.41 Å². The Hall–Kier alpha value is -2.50. The summed E-state index contributed by atoms with van der Waals surface area (Å²) in [7, 11) is -3.69. The van der Waals surface area contributed by atoms with E-state index in [9.17, 15) is 23.1 Å². The van der Waals surface area contributed by atoms with Gasteiger partial charge in [-0.05, 0) is 18.4 Å². The number of aliphatic hydroxyl groups excluding tert-OH is 1. The number of benzene rings is 1. The maximum absolute atomic E-state index is 12.6. The zero-order valence-corrected chi connectivity index (χ0v) is 17.7. The third-order valence-corrected chi connectivity index (χ3v) is 6.38. The molecule has 6 N–H and O–H groups in total. The van der Waals surface area contributed by atoms with Gasteiger partial charge in [0.1, 0.15) is 17.9 Å². The molecule has 11 heteroatoms. The number of rotatable bonds is 11. The van der Waals surface area contributed by atoms with Gasteiger partial charge in [-0.1, -0.05) is 37.6 Å². The van der Waals surface area contributed by atoms with Gasteiger partial charge in [0.2, 0.25) is 21.8 Å². The first-order valence-corrected chi connectivity index (χ1v) is 11.5. The normalized spacial score (nSPS) is 17.1. The highest BCUT2D eigenvalue weighted by molar-refractivity contribution is 7.89. The van der Waals surface area contributed by atoms with Crippen molar-refractivity contribution in [2.75, 3.05) is 18.9 Å². The van der Waals surface area contributed by atoms with E-state index in [2.05, 4.69) is 10.0 Å². The van der Waals surface area contributed by atoms with Crippen LogP contribution in [0.15, 0.2) is 24.3 Å². The number of carbonyl (C=O) groups is 2. The molecule has 1 aliphatic rings. The van der Waals surface area contributed by atoms with Crippen LogP contribution in [0.2, 0.25) is 0 Å². The number of amidine groups is 1. The Morgan fingerprint density at radius 3 is 2.50 bits per heavy atom. The predicted molar refractivity (Wildman–Crippen MR) is 112 cm³/mol. The number of unbranched alkanes of at least 4 members (excludes halogenated alkanes) is 1. The first-order chi connectivity index (χ1) is 14.2. The average molecular weight is 440 g/mol. The monoisotopic (exact) mass is 439 g/mol. The Morgan fingerprint density at radius 2 is 2.00 bits per heavy atom. The van der Waals surface area contributed by atoms with Crippen molar-refractivity contribution in [2.24, 2.45) is 5.73 Å². The van der Waals surface area contributed by atoms with Gasteiger partial charge in [-0.3, -0.25) is 15.0 Å². The Bertz CT molecular complexity index is 872. The predicted octanol–water partition coefficient (Wildman–Crippen LogP) is -0.732. The van der Waals surface area contributed by atoms with Crippen molar-refractivity contribution in [1.29, 1.82) is 5.41 Å². The highest BCUT2D eigenvalue weighted by atomic mass is 32.2. The van der Waals surface area contributed by atoms with E-state index in [1.807, 2.05) is 6.92 Å². The van der Waals surface area contributed by atoms with Crippen molar-refractivity contribution in [3.8, 4) is 0 Å². The number of nitrogens with zero attached hydrogens (tertiary/aromatic N) is 1. The molecule has 1 saturated heterocycles. The molecule has 166 valence electrons. The third-order valence-electron chi connectivity index (χ3n) is 4.91. The molecule has 0 saturated carbocycles. The first kappa shape index (κ1) is 23.8. The van der Waals surface area contributed by atoms with E-state index in [4.69, 9.17) is 11.1 Å². The zero-order valence-electron chi connectivity index (χ0n) is 16.9. The minimum atomic E-state index is -3.69. The lowest BCUT2D eigenvalue weighted by atomic mass is 10.0. The lowest BCUT2D eigenvalue weighted by Crippen LogP contribution is -2.63. The molecule has 30 heavy (non-hydrogen) atoms. The Kier molecular flexibility index (Phi) is 8.33. The number of likely N-dealkylation sites (tertiary alicyclic amines) is 1. The van der Waals surface area contributed by atoms with Crippen LogP contribution in [0.25, 0.3) is 0 Å². The summed E-state index contributed by atoms with van der Waals surface area (Å²) >= 11 is 0. The van der Waals surface area contributed by atoms with Gasteiger partial charge in [0.15, 0.2) is 0 Å². The van der Waals surface area contributed by atoms with Crippen molar-refractivity contribution >= 4 is 27.7 Å². The zero-order chi connectivity index (χ0) is 22.3. The fraction of sp³-hybridized carbons (Fsp3) is 0.526. The van der Waals surface area contributed by atoms with E-state index < -0.39 is 34.6 Å². The second-order valence-corrected chi connectivity index (χ2v) is 9.06. The summed E-state index contributed by atoms with van der Waals surface area (Å²) in [5, 5.41) is 19.6. The summed E-state index contributed by atoms with van der Waals surface area (Å²) in [5.74, 6) is -1.14. The summed E-state index contributed by atoms with van der Waals surface area (Å²) in [6.45, 7) is 1.72. The van der Waals surface area contributed by atoms with Crippen LogP contribution in [-0.4, -0.2) is 67.1 Å². The molecule has 1 fully saturated rings. The van der Waals surface area contributed by atoms with Crippen molar-refractivity contribution in [3.05, 3.63) is 35.4 Å². The number of hydrogen-bond donors (Lipinski definition) is 5. The minimum Gasteiger partial charge on any atom is -0.394 e. The van der Waals surface area contributed by atoms with Crippen molar-refractivity contribution in [2.45, 2.75) is 44.8 Å². The standard InChI is InChI=1S/C19H29N5O5S/c1-2-3-10-30(28,29)23-15(12-25)19(27)24-9-8-16(24)18(26)22-11-13-4-6-14(7-5-13)17(20)21/h4-7,15-16,23,25H,2-3,8-12H2,1H3,(H3,20,21)(H,22,26)/t15-,16?/m1/s1. The number of nitrogens with two attached hydrogens (primary N) is 1. The van der Waals surface area contributed by atoms with E-state index in [0.29, 0.717) is 31.4 Å². The third kappa shape index (κ3) is 6.25. The highest BCUT2D eigenvalue weighted by Crippen LogP contribution is 2.19. The van der Waals surface area contributed by atoms with Crippen LogP contribution in [-0.2, 0) is 26.2 Å². The summed E-state index contributed by atoms with van der Waals surface area (Å²) in [4.78, 5) is 26.4. The first-order valence-electron chi connectivity index (χ1n) is 9.81. The molecule has 1 aliphatic heterocycles. The number of nitrogen functional groups attached to an aromatic ring is 1. The van der Waals surface area contributed by atoms with Crippen molar-refractivity contribution < 1.29 is 23.1 Å². The molecule has 0 spiro atoms. The number of sulfonamides is 1. The quantitative estimate of drug-likeness (QED) is 0.225. The number of amides is 2. The molecule has 0 aromatic heterocycles. The smallest absolute Gasteiger partial charge is 0.243 e. The lowest BCUT2D eigenvalue weighted by molar-refractivity contribution is -0.149. The molecule has 2 rings (SSSR count). The van der Waals surface area contributed by atoms with E-state index in [-0.39, 0.29) is 24.0 Å². The van der Waals surface area contributed by atoms with Gasteiger partial charge in [-0.25, -0.2) is 13.1 Å². The number of aliphatic hydroxyl groups is 1. The molecule has 0 radical (unpaired) electrons. The van der Waals surface area contributed by atoms with Gasteiger partial charge >= 0.3 is 0 Å². The molecular weight excluding hydrogens is 410 g/mol. The van der Waals surface area contributed by atoms with Gasteiger partial charge in [0, 0.05) is 18.7 Å². The topological polar surface area (TPSA) is 166 Å². The summed E-state index contributed by atoms with van der Waals surface area (Å²) in [6.07, 6.45) is 1.59. The fourth-order valence-corrected chi connectivity index (χ4v) is 4.40. The largest absolute Gasteiger partial charge is 0.394 e. The van der Waals surface area contributed by atoms with Crippen LogP contribution >= 0.6 is 0 Å². The van der Waals surface area contributed by atoms with Crippen LogP contribution in [0.4, 0.5) is 0 Å². The molecule has 1 aromatic carbocycles. The van der Waals surface area contributed by atoms with Gasteiger partial charge in [-0.15, -0.1) is 0 Å². The molecule has 1 heterocycles. The van der Waals surface area contributed by atoms with Crippen LogP contribution in [0.3, 0.4) is 0 Å². The number of carbonyl (C=O) groups excluding carboxylic acids is 2. The van der Waals surface area contributed by atoms with Crippen LogP contribution in [0.1, 0.15) is 37.3 Å². The van der Waals surface area contributed by atoms with Crippen LogP contribution < -0.4 is 15.8 Å². The Morgan fingerprint density at radius 1 is 1.33 bits per heavy atom. The van der Waals surface area contributed by atoms with E-state index >= 15 is 0 Å². The van der Waals surface area contributed by atoms with Gasteiger partial charge in [0.05, 0.1) is 12.4 Å². The number of nitrogens with one attached hydrogen (secondary N) is 3. The van der Waals surface area contributed by atoms with Gasteiger partial charge < -0.3 is 21.1 Å². The highest BCUT2D eigenvalue weighted by Gasteiger charge is 2.40. The molecule has 10 nitrogen and oxygen atoms in total. The maximum Gasteiger partial charge on any atom is 0.243 e. The van der Waals surface area contributed by atoms with E-state index in [0.717, 1.165) is 5.56 Å². The lowest BCUT2D eigenvalue weighted by Gasteiger charge is -2.41. The van der Waals surface area contributed by atoms with Gasteiger partial charge in [-0.2, -0.15) is 0 Å². The van der Waals surface area contributed by atoms with Gasteiger partial charge in [0.25, 0.3) is 0 Å². The van der Waals surface area contributed by atoms with Crippen molar-refractivity contribution in [3.63, 3.8) is 0 Å². The fourth-order valence-electron chi connectivity index (χ4n) is 3.01. The minimum absolute atomic E-state index is 0.0436. The maximum atomic E-state index is 12.6. The molecule has 1 unspecified atom stereocenters. The summed E-state index contributed by atoms with van der Waals surface area (Å²) in [6, 6.07) is 4.84. The molecule has 2 amide bonds. The molecule has 2 atom stereocenters. The summed E-state index contributed by atoms with van der Waals surface area (Å²) < 4.78 is 26.3. The SMILES string of the molecule is CCCCS(=O)(=O)N[C@H](CO)C(=O)N1CCC1C(=O)NCc1ccc(C(=N)N)cc1. The number of hydrogen-bond acceptors (Lipinski definition) is 6. The van der Waals surface area contributed by atoms with Crippen molar-refractivity contribution in [1.82, 2.24) is 14.9 Å². The Labute approximate surface area is 176 Å². The molecule has 0 bridgehead atoms. The molecule has 0 aliphatic carbocycles. The Balaban J connectivity index is 1.92. The molecule has 1 aromatic rings. The average Bonchev–Trinajstić information content (AvgIpc) is 2.68. The second kappa shape index (κ2) is 10.5. The molecular formula is C19H29N5O5S. The van der Waals surface area contributed by atoms with E-state index in [1.165, 1.54) is 4.90 Å². The second-order valence-electron chi connectivity index (χ2n) is 7.19. The summed E-state index contributed by atoms with van der Waals surface area (Å²) in [5.41, 5.74) is 6.80.